The van der Waals surface area contributed by atoms with E-state index >= 15 is 0 Å². The Kier molecular flexibility index (Phi) is 9.44. The summed E-state index contributed by atoms with van der Waals surface area (Å²) in [4.78, 5) is 0. The molecular weight excluding hydrogens is 468 g/mol. The van der Waals surface area contributed by atoms with Crippen molar-refractivity contribution in [1.29, 1.82) is 0 Å². The van der Waals surface area contributed by atoms with Gasteiger partial charge in [0.2, 0.25) is 0 Å². The quantitative estimate of drug-likeness (QED) is 0.173. The first-order valence-electron chi connectivity index (χ1n) is 11.6. The molecule has 6 nitrogen and oxygen atoms in total. The van der Waals surface area contributed by atoms with Crippen molar-refractivity contribution < 1.29 is 30.6 Å². The van der Waals surface area contributed by atoms with E-state index in [4.69, 9.17) is 0 Å². The van der Waals surface area contributed by atoms with E-state index in [0.29, 0.717) is 35.1 Å². The highest BCUT2D eigenvalue weighted by Crippen LogP contribution is 2.35. The molecule has 0 amide bonds. The van der Waals surface area contributed by atoms with Crippen molar-refractivity contribution in [2.24, 2.45) is 0 Å². The highest BCUT2D eigenvalue weighted by atomic mass is 16.3. The van der Waals surface area contributed by atoms with Crippen LogP contribution in [0.15, 0.2) is 60.7 Å². The van der Waals surface area contributed by atoms with Crippen LogP contribution in [0.3, 0.4) is 0 Å². The van der Waals surface area contributed by atoms with Crippen LogP contribution in [0.2, 0.25) is 0 Å². The second-order valence-electron chi connectivity index (χ2n) is 9.02. The second kappa shape index (κ2) is 12.1. The normalized spacial score (nSPS) is 10.3. The van der Waals surface area contributed by atoms with Crippen LogP contribution < -0.4 is 0 Å². The van der Waals surface area contributed by atoms with Gasteiger partial charge in [0.15, 0.2) is 0 Å². The number of hydrogen-bond donors (Lipinski definition) is 6. The third kappa shape index (κ3) is 6.88. The minimum absolute atomic E-state index is 0. The first-order chi connectivity index (χ1) is 17.0. The van der Waals surface area contributed by atoms with Crippen molar-refractivity contribution >= 4 is 0 Å². The van der Waals surface area contributed by atoms with Crippen molar-refractivity contribution in [2.45, 2.75) is 48.0 Å². The topological polar surface area (TPSA) is 121 Å². The molecule has 0 aliphatic rings. The molecule has 4 aromatic carbocycles. The number of aromatic hydroxyl groups is 6. The largest absolute Gasteiger partial charge is 0.508 e. The summed E-state index contributed by atoms with van der Waals surface area (Å²) in [5.41, 5.74) is 6.07. The van der Waals surface area contributed by atoms with E-state index < -0.39 is 0 Å². The summed E-state index contributed by atoms with van der Waals surface area (Å²) >= 11 is 0. The van der Waals surface area contributed by atoms with Gasteiger partial charge >= 0.3 is 0 Å². The average Bonchev–Trinajstić information content (AvgIpc) is 2.85. The third-order valence-corrected chi connectivity index (χ3v) is 6.33. The molecule has 0 radical (unpaired) electrons. The lowest BCUT2D eigenvalue weighted by Gasteiger charge is -2.12. The SMILES string of the molecule is C.Cc1cc(O)c(C)c(Cc2ccc(O)cc2)c1O.Cc1cc(O)c(C)c(Cc2ccc(O)cc2)c1O. The number of rotatable bonds is 4. The van der Waals surface area contributed by atoms with Crippen LogP contribution in [-0.4, -0.2) is 30.6 Å². The standard InChI is InChI=1S/2C15H16O3.CH4/c2*1-9-7-14(17)10(2)13(15(9)18)8-11-3-5-12(16)6-4-11;/h2*3-7,16-18H,8H2,1-2H3;1H4. The number of phenolic OH excluding ortho intramolecular Hbond substituents is 6. The van der Waals surface area contributed by atoms with Crippen LogP contribution in [0.25, 0.3) is 0 Å². The Morgan fingerprint density at radius 1 is 0.486 bits per heavy atom. The van der Waals surface area contributed by atoms with Gasteiger partial charge in [0.25, 0.3) is 0 Å². The predicted molar refractivity (Wildman–Crippen MR) is 147 cm³/mol. The zero-order valence-corrected chi connectivity index (χ0v) is 20.9. The van der Waals surface area contributed by atoms with Crippen LogP contribution in [0.4, 0.5) is 0 Å². The maximum absolute atomic E-state index is 10.1. The van der Waals surface area contributed by atoms with Crippen LogP contribution in [0.1, 0.15) is 51.9 Å². The minimum atomic E-state index is 0. The Bertz CT molecular complexity index is 1200. The van der Waals surface area contributed by atoms with Crippen molar-refractivity contribution in [3.05, 3.63) is 105 Å². The van der Waals surface area contributed by atoms with Crippen molar-refractivity contribution in [3.63, 3.8) is 0 Å². The van der Waals surface area contributed by atoms with E-state index in [-0.39, 0.29) is 41.9 Å². The van der Waals surface area contributed by atoms with Crippen LogP contribution in [0.5, 0.6) is 34.5 Å². The molecule has 6 heteroatoms. The van der Waals surface area contributed by atoms with Gasteiger partial charge in [0.05, 0.1) is 0 Å². The Balaban J connectivity index is 0.000000253. The molecule has 0 fully saturated rings. The van der Waals surface area contributed by atoms with Gasteiger partial charge in [-0.2, -0.15) is 0 Å². The Morgan fingerprint density at radius 2 is 0.784 bits per heavy atom. The molecule has 4 aromatic rings. The summed E-state index contributed by atoms with van der Waals surface area (Å²) in [6, 6.07) is 16.8. The second-order valence-corrected chi connectivity index (χ2v) is 9.02. The number of benzene rings is 4. The molecule has 37 heavy (non-hydrogen) atoms. The fourth-order valence-electron chi connectivity index (χ4n) is 3.97. The number of aryl methyl sites for hydroxylation is 2. The molecule has 4 rings (SSSR count). The summed E-state index contributed by atoms with van der Waals surface area (Å²) in [6.07, 6.45) is 1.04. The fraction of sp³-hybridized carbons (Fsp3) is 0.226. The number of phenols is 6. The third-order valence-electron chi connectivity index (χ3n) is 6.33. The zero-order valence-electron chi connectivity index (χ0n) is 20.9. The summed E-state index contributed by atoms with van der Waals surface area (Å²) < 4.78 is 0. The molecule has 0 heterocycles. The monoisotopic (exact) mass is 504 g/mol. The predicted octanol–water partition coefficient (Wildman–Crippen LogP) is 6.66. The van der Waals surface area contributed by atoms with Gasteiger partial charge in [-0.15, -0.1) is 0 Å². The van der Waals surface area contributed by atoms with Gasteiger partial charge in [-0.3, -0.25) is 0 Å². The van der Waals surface area contributed by atoms with Crippen molar-refractivity contribution in [3.8, 4) is 34.5 Å². The maximum Gasteiger partial charge on any atom is 0.122 e. The Hall–Kier alpha value is -4.32. The lowest BCUT2D eigenvalue weighted by Crippen LogP contribution is -1.95. The number of hydrogen-bond acceptors (Lipinski definition) is 6. The Labute approximate surface area is 218 Å². The van der Waals surface area contributed by atoms with Gasteiger partial charge in [0.1, 0.15) is 34.5 Å². The van der Waals surface area contributed by atoms with Gasteiger partial charge < -0.3 is 30.6 Å². The van der Waals surface area contributed by atoms with Crippen molar-refractivity contribution in [2.75, 3.05) is 0 Å². The Morgan fingerprint density at radius 3 is 1.08 bits per heavy atom. The maximum atomic E-state index is 10.1. The van der Waals surface area contributed by atoms with Crippen LogP contribution in [0, 0.1) is 27.7 Å². The first kappa shape index (κ1) is 28.9. The van der Waals surface area contributed by atoms with Gasteiger partial charge in [-0.25, -0.2) is 0 Å². The zero-order chi connectivity index (χ0) is 26.6. The van der Waals surface area contributed by atoms with Crippen molar-refractivity contribution in [1.82, 2.24) is 0 Å². The summed E-state index contributed by atoms with van der Waals surface area (Å²) in [5.74, 6) is 1.26. The van der Waals surface area contributed by atoms with Crippen LogP contribution >= 0.6 is 0 Å². The lowest BCUT2D eigenvalue weighted by molar-refractivity contribution is 0.448. The molecule has 0 aliphatic heterocycles. The average molecular weight is 505 g/mol. The molecule has 0 atom stereocenters. The molecule has 0 aliphatic carbocycles. The molecule has 196 valence electrons. The first-order valence-corrected chi connectivity index (χ1v) is 11.6. The molecule has 0 saturated heterocycles. The van der Waals surface area contributed by atoms with E-state index in [1.54, 1.807) is 88.4 Å². The smallest absolute Gasteiger partial charge is 0.122 e. The minimum Gasteiger partial charge on any atom is -0.508 e. The van der Waals surface area contributed by atoms with E-state index in [2.05, 4.69) is 0 Å². The van der Waals surface area contributed by atoms with E-state index in [9.17, 15) is 30.6 Å². The molecule has 6 N–H and O–H groups in total. The summed E-state index contributed by atoms with van der Waals surface area (Å²) in [7, 11) is 0. The molecule has 0 aromatic heterocycles. The van der Waals surface area contributed by atoms with E-state index in [0.717, 1.165) is 22.3 Å². The molecule has 0 unspecified atom stereocenters. The highest BCUT2D eigenvalue weighted by molar-refractivity contribution is 5.54. The van der Waals surface area contributed by atoms with Gasteiger partial charge in [-0.1, -0.05) is 31.7 Å². The van der Waals surface area contributed by atoms with E-state index in [1.807, 2.05) is 0 Å². The molecule has 0 bridgehead atoms. The molecular formula is C31H36O6. The molecule has 0 saturated carbocycles. The van der Waals surface area contributed by atoms with Gasteiger partial charge in [-0.05, 0) is 97.5 Å². The van der Waals surface area contributed by atoms with Crippen LogP contribution in [-0.2, 0) is 12.8 Å². The van der Waals surface area contributed by atoms with E-state index in [1.165, 1.54) is 0 Å². The van der Waals surface area contributed by atoms with Gasteiger partial charge in [0, 0.05) is 24.0 Å². The lowest BCUT2D eigenvalue weighted by atomic mass is 9.96. The summed E-state index contributed by atoms with van der Waals surface area (Å²) in [5, 5.41) is 58.1. The summed E-state index contributed by atoms with van der Waals surface area (Å²) in [6.45, 7) is 7.08. The highest BCUT2D eigenvalue weighted by Gasteiger charge is 2.14. The fourth-order valence-corrected chi connectivity index (χ4v) is 3.97. The molecule has 0 spiro atoms.